The molecule has 0 atom stereocenters. The molecule has 0 spiro atoms. The van der Waals surface area contributed by atoms with Crippen molar-refractivity contribution in [3.05, 3.63) is 70.6 Å². The van der Waals surface area contributed by atoms with Crippen molar-refractivity contribution in [2.45, 2.75) is 20.0 Å². The Labute approximate surface area is 149 Å². The van der Waals surface area contributed by atoms with Crippen molar-refractivity contribution in [1.82, 2.24) is 15.1 Å². The zero-order valence-electron chi connectivity index (χ0n) is 13.5. The highest BCUT2D eigenvalue weighted by Crippen LogP contribution is 2.21. The second-order valence-corrected chi connectivity index (χ2v) is 5.95. The molecule has 0 N–H and O–H groups in total. The number of nitrogens with zero attached hydrogens (tertiary/aromatic N) is 3. The number of aromatic nitrogens is 2. The third kappa shape index (κ3) is 4.21. The molecule has 0 aliphatic rings. The van der Waals surface area contributed by atoms with E-state index in [1.807, 2.05) is 11.8 Å². The van der Waals surface area contributed by atoms with Crippen molar-refractivity contribution >= 4 is 11.6 Å². The van der Waals surface area contributed by atoms with Crippen LogP contribution in [0.4, 0.5) is 8.78 Å². The van der Waals surface area contributed by atoms with Crippen LogP contribution in [-0.4, -0.2) is 21.6 Å². The molecule has 0 aliphatic heterocycles. The number of rotatable bonds is 6. The normalized spacial score (nSPS) is 11.2. The summed E-state index contributed by atoms with van der Waals surface area (Å²) in [4.78, 5) is 1.82. The molecule has 0 aliphatic carbocycles. The van der Waals surface area contributed by atoms with Gasteiger partial charge in [0.25, 0.3) is 0 Å². The van der Waals surface area contributed by atoms with Crippen LogP contribution >= 0.6 is 11.6 Å². The molecule has 0 fully saturated rings. The third-order valence-electron chi connectivity index (χ3n) is 3.81. The van der Waals surface area contributed by atoms with Crippen molar-refractivity contribution in [2.75, 3.05) is 6.54 Å². The molecule has 4 nitrogen and oxygen atoms in total. The van der Waals surface area contributed by atoms with Crippen molar-refractivity contribution in [3.8, 4) is 11.5 Å². The Balaban J connectivity index is 1.73. The van der Waals surface area contributed by atoms with Gasteiger partial charge in [0.05, 0.1) is 6.54 Å². The highest BCUT2D eigenvalue weighted by Gasteiger charge is 2.16. The summed E-state index contributed by atoms with van der Waals surface area (Å²) in [7, 11) is 0. The highest BCUT2D eigenvalue weighted by atomic mass is 35.5. The van der Waals surface area contributed by atoms with Crippen molar-refractivity contribution in [3.63, 3.8) is 0 Å². The van der Waals surface area contributed by atoms with Crippen LogP contribution < -0.4 is 0 Å². The minimum absolute atomic E-state index is 0.0294. The lowest BCUT2D eigenvalue weighted by molar-refractivity contribution is 0.237. The van der Waals surface area contributed by atoms with Crippen LogP contribution in [0.5, 0.6) is 0 Å². The molecule has 0 saturated heterocycles. The number of hydrogen-bond acceptors (Lipinski definition) is 4. The summed E-state index contributed by atoms with van der Waals surface area (Å²) >= 11 is 5.86. The van der Waals surface area contributed by atoms with Gasteiger partial charge in [0.15, 0.2) is 0 Å². The Bertz CT molecular complexity index is 832. The summed E-state index contributed by atoms with van der Waals surface area (Å²) < 4.78 is 33.3. The zero-order valence-corrected chi connectivity index (χ0v) is 14.3. The Morgan fingerprint density at radius 3 is 2.32 bits per heavy atom. The van der Waals surface area contributed by atoms with Gasteiger partial charge in [-0.05, 0) is 42.9 Å². The molecule has 0 saturated carbocycles. The topological polar surface area (TPSA) is 42.2 Å². The predicted octanol–water partition coefficient (Wildman–Crippen LogP) is 4.69. The molecular weight excluding hydrogens is 348 g/mol. The van der Waals surface area contributed by atoms with Gasteiger partial charge in [0.2, 0.25) is 11.8 Å². The molecule has 0 radical (unpaired) electrons. The summed E-state index contributed by atoms with van der Waals surface area (Å²) in [5.74, 6) is -0.375. The van der Waals surface area contributed by atoms with Crippen LogP contribution in [0.3, 0.4) is 0 Å². The Hall–Kier alpha value is -2.31. The molecule has 0 amide bonds. The maximum atomic E-state index is 13.8. The fourth-order valence-electron chi connectivity index (χ4n) is 2.40. The minimum Gasteiger partial charge on any atom is -0.419 e. The minimum atomic E-state index is -0.564. The summed E-state index contributed by atoms with van der Waals surface area (Å²) in [6, 6.07) is 10.9. The number of benzene rings is 2. The van der Waals surface area contributed by atoms with Gasteiger partial charge < -0.3 is 4.42 Å². The lowest BCUT2D eigenvalue weighted by atomic mass is 10.2. The molecule has 1 heterocycles. The van der Waals surface area contributed by atoms with Gasteiger partial charge in [-0.25, -0.2) is 8.78 Å². The quantitative estimate of drug-likeness (QED) is 0.637. The maximum Gasteiger partial charge on any atom is 0.247 e. The molecule has 7 heteroatoms. The molecule has 130 valence electrons. The number of hydrogen-bond donors (Lipinski definition) is 0. The van der Waals surface area contributed by atoms with Crippen LogP contribution in [0.1, 0.15) is 18.4 Å². The fraction of sp³-hybridized carbons (Fsp3) is 0.222. The van der Waals surface area contributed by atoms with Gasteiger partial charge in [0, 0.05) is 22.7 Å². The molecule has 0 unspecified atom stereocenters. The summed E-state index contributed by atoms with van der Waals surface area (Å²) in [6.45, 7) is 2.89. The van der Waals surface area contributed by atoms with E-state index in [0.29, 0.717) is 29.9 Å². The average Bonchev–Trinajstić information content (AvgIpc) is 3.06. The van der Waals surface area contributed by atoms with E-state index in [1.165, 1.54) is 18.2 Å². The lowest BCUT2D eigenvalue weighted by Crippen LogP contribution is -2.23. The van der Waals surface area contributed by atoms with E-state index in [1.54, 1.807) is 24.3 Å². The Kier molecular flexibility index (Phi) is 5.40. The van der Waals surface area contributed by atoms with Crippen LogP contribution in [0.25, 0.3) is 11.5 Å². The first kappa shape index (κ1) is 17.5. The standard InChI is InChI=1S/C18H16ClF2N3O/c1-2-24(10-14-15(20)4-3-5-16(14)21)11-17-22-23-18(25-17)12-6-8-13(19)9-7-12/h3-9H,2,10-11H2,1H3. The number of halogens is 3. The summed E-state index contributed by atoms with van der Waals surface area (Å²) in [5.41, 5.74) is 0.785. The smallest absolute Gasteiger partial charge is 0.247 e. The third-order valence-corrected chi connectivity index (χ3v) is 4.06. The van der Waals surface area contributed by atoms with Crippen LogP contribution in [0.15, 0.2) is 46.9 Å². The van der Waals surface area contributed by atoms with Gasteiger partial charge in [-0.2, -0.15) is 0 Å². The van der Waals surface area contributed by atoms with E-state index in [0.717, 1.165) is 5.56 Å². The second kappa shape index (κ2) is 7.72. The van der Waals surface area contributed by atoms with Gasteiger partial charge >= 0.3 is 0 Å². The average molecular weight is 364 g/mol. The fourth-order valence-corrected chi connectivity index (χ4v) is 2.53. The Morgan fingerprint density at radius 1 is 1.00 bits per heavy atom. The molecule has 3 aromatic rings. The summed E-state index contributed by atoms with van der Waals surface area (Å²) in [5, 5.41) is 8.64. The van der Waals surface area contributed by atoms with E-state index >= 15 is 0 Å². The van der Waals surface area contributed by atoms with E-state index in [4.69, 9.17) is 16.0 Å². The molecule has 3 rings (SSSR count). The van der Waals surface area contributed by atoms with Gasteiger partial charge in [-0.15, -0.1) is 10.2 Å². The maximum absolute atomic E-state index is 13.8. The van der Waals surface area contributed by atoms with Crippen molar-refractivity contribution in [1.29, 1.82) is 0 Å². The van der Waals surface area contributed by atoms with Crippen molar-refractivity contribution in [2.24, 2.45) is 0 Å². The van der Waals surface area contributed by atoms with E-state index < -0.39 is 11.6 Å². The van der Waals surface area contributed by atoms with Gasteiger partial charge in [0.1, 0.15) is 11.6 Å². The van der Waals surface area contributed by atoms with Crippen LogP contribution in [-0.2, 0) is 13.1 Å². The predicted molar refractivity (Wildman–Crippen MR) is 90.9 cm³/mol. The second-order valence-electron chi connectivity index (χ2n) is 5.51. The first-order valence-corrected chi connectivity index (χ1v) is 8.18. The highest BCUT2D eigenvalue weighted by molar-refractivity contribution is 6.30. The van der Waals surface area contributed by atoms with E-state index in [-0.39, 0.29) is 12.1 Å². The van der Waals surface area contributed by atoms with E-state index in [9.17, 15) is 8.78 Å². The molecule has 25 heavy (non-hydrogen) atoms. The summed E-state index contributed by atoms with van der Waals surface area (Å²) in [6.07, 6.45) is 0. The van der Waals surface area contributed by atoms with Gasteiger partial charge in [-0.3, -0.25) is 4.90 Å². The van der Waals surface area contributed by atoms with E-state index in [2.05, 4.69) is 10.2 Å². The first-order valence-electron chi connectivity index (χ1n) is 7.80. The molecular formula is C18H16ClF2N3O. The zero-order chi connectivity index (χ0) is 17.8. The molecule has 0 bridgehead atoms. The SMILES string of the molecule is CCN(Cc1nnc(-c2ccc(Cl)cc2)o1)Cc1c(F)cccc1F. The van der Waals surface area contributed by atoms with Crippen molar-refractivity contribution < 1.29 is 13.2 Å². The monoisotopic (exact) mass is 363 g/mol. The van der Waals surface area contributed by atoms with Crippen LogP contribution in [0, 0.1) is 11.6 Å². The first-order chi connectivity index (χ1) is 12.1. The van der Waals surface area contributed by atoms with Crippen LogP contribution in [0.2, 0.25) is 5.02 Å². The molecule has 2 aromatic carbocycles. The largest absolute Gasteiger partial charge is 0.419 e. The Morgan fingerprint density at radius 2 is 1.68 bits per heavy atom. The van der Waals surface area contributed by atoms with Gasteiger partial charge in [-0.1, -0.05) is 24.6 Å². The molecule has 1 aromatic heterocycles. The lowest BCUT2D eigenvalue weighted by Gasteiger charge is -2.19.